The van der Waals surface area contributed by atoms with Crippen molar-refractivity contribution in [3.63, 3.8) is 0 Å². The molecular formula is C13H19ClFNOS. The molecule has 5 heteroatoms. The van der Waals surface area contributed by atoms with Crippen LogP contribution in [0.5, 0.6) is 0 Å². The van der Waals surface area contributed by atoms with Crippen molar-refractivity contribution in [2.75, 3.05) is 24.7 Å². The fraction of sp³-hybridized carbons (Fsp3) is 0.538. The summed E-state index contributed by atoms with van der Waals surface area (Å²) in [5, 5.41) is 12.1. The number of nitrogens with one attached hydrogen (secondary N) is 1. The van der Waals surface area contributed by atoms with Crippen molar-refractivity contribution in [2.24, 2.45) is 0 Å². The molecule has 0 aliphatic heterocycles. The van der Waals surface area contributed by atoms with E-state index in [2.05, 4.69) is 5.32 Å². The van der Waals surface area contributed by atoms with Gasteiger partial charge in [0.2, 0.25) is 0 Å². The molecule has 1 aromatic rings. The van der Waals surface area contributed by atoms with E-state index in [9.17, 15) is 4.39 Å². The minimum Gasteiger partial charge on any atom is -0.396 e. The summed E-state index contributed by atoms with van der Waals surface area (Å²) < 4.78 is 13.3. The van der Waals surface area contributed by atoms with Gasteiger partial charge in [0.05, 0.1) is 5.02 Å². The minimum atomic E-state index is -0.375. The maximum absolute atomic E-state index is 13.3. The number of rotatable bonds is 8. The first-order valence-electron chi connectivity index (χ1n) is 6.02. The first kappa shape index (κ1) is 15.8. The molecule has 0 heterocycles. The fourth-order valence-corrected chi connectivity index (χ4v) is 2.43. The van der Waals surface area contributed by atoms with Crippen molar-refractivity contribution in [1.29, 1.82) is 0 Å². The van der Waals surface area contributed by atoms with Gasteiger partial charge < -0.3 is 10.4 Å². The summed E-state index contributed by atoms with van der Waals surface area (Å²) in [6, 6.07) is 5.00. The van der Waals surface area contributed by atoms with E-state index in [4.69, 9.17) is 16.7 Å². The fourth-order valence-electron chi connectivity index (χ4n) is 1.52. The number of aliphatic hydroxyl groups is 1. The molecule has 1 unspecified atom stereocenters. The third-order valence-corrected chi connectivity index (χ3v) is 3.96. The lowest BCUT2D eigenvalue weighted by Gasteiger charge is -2.14. The lowest BCUT2D eigenvalue weighted by atomic mass is 10.1. The van der Waals surface area contributed by atoms with Crippen LogP contribution in [0, 0.1) is 5.82 Å². The van der Waals surface area contributed by atoms with Crippen LogP contribution in [0.15, 0.2) is 18.2 Å². The van der Waals surface area contributed by atoms with E-state index in [0.717, 1.165) is 30.0 Å². The Bertz CT molecular complexity index is 365. The number of hydrogen-bond acceptors (Lipinski definition) is 3. The molecule has 102 valence electrons. The summed E-state index contributed by atoms with van der Waals surface area (Å²) in [5.41, 5.74) is 0.900. The van der Waals surface area contributed by atoms with Crippen LogP contribution in [0.3, 0.4) is 0 Å². The number of aliphatic hydroxyl groups excluding tert-OH is 1. The summed E-state index contributed by atoms with van der Waals surface area (Å²) in [7, 11) is 0. The Morgan fingerprint density at radius 2 is 2.22 bits per heavy atom. The molecule has 0 amide bonds. The molecule has 0 aromatic heterocycles. The van der Waals surface area contributed by atoms with Crippen LogP contribution < -0.4 is 5.32 Å². The standard InChI is InChI=1S/C13H19ClFNOS/c1-10(16-5-8-18-7-2-6-17)11-3-4-12(14)13(15)9-11/h3-4,9-10,16-17H,2,5-8H2,1H3. The highest BCUT2D eigenvalue weighted by molar-refractivity contribution is 7.99. The molecule has 1 atom stereocenters. The minimum absolute atomic E-state index is 0.107. The quantitative estimate of drug-likeness (QED) is 0.721. The Morgan fingerprint density at radius 1 is 1.44 bits per heavy atom. The predicted octanol–water partition coefficient (Wildman–Crippen LogP) is 3.25. The molecule has 18 heavy (non-hydrogen) atoms. The van der Waals surface area contributed by atoms with E-state index < -0.39 is 0 Å². The van der Waals surface area contributed by atoms with Crippen molar-refractivity contribution >= 4 is 23.4 Å². The second-order valence-electron chi connectivity index (χ2n) is 4.04. The average Bonchev–Trinajstić information content (AvgIpc) is 2.36. The molecule has 0 spiro atoms. The van der Waals surface area contributed by atoms with Crippen LogP contribution in [0.2, 0.25) is 5.02 Å². The van der Waals surface area contributed by atoms with Gasteiger partial charge in [-0.3, -0.25) is 0 Å². The Morgan fingerprint density at radius 3 is 2.89 bits per heavy atom. The van der Waals surface area contributed by atoms with Crippen molar-refractivity contribution in [3.8, 4) is 0 Å². The number of thioether (sulfide) groups is 1. The smallest absolute Gasteiger partial charge is 0.142 e. The topological polar surface area (TPSA) is 32.3 Å². The van der Waals surface area contributed by atoms with Gasteiger partial charge in [0, 0.05) is 24.9 Å². The summed E-state index contributed by atoms with van der Waals surface area (Å²) >= 11 is 7.44. The van der Waals surface area contributed by atoms with E-state index >= 15 is 0 Å². The number of hydrogen-bond donors (Lipinski definition) is 2. The highest BCUT2D eigenvalue weighted by atomic mass is 35.5. The largest absolute Gasteiger partial charge is 0.396 e. The van der Waals surface area contributed by atoms with Crippen LogP contribution >= 0.6 is 23.4 Å². The SMILES string of the molecule is CC(NCCSCCCO)c1ccc(Cl)c(F)c1. The van der Waals surface area contributed by atoms with Gasteiger partial charge in [-0.15, -0.1) is 0 Å². The van der Waals surface area contributed by atoms with Crippen molar-refractivity contribution in [1.82, 2.24) is 5.32 Å². The van der Waals surface area contributed by atoms with Gasteiger partial charge in [-0.25, -0.2) is 4.39 Å². The highest BCUT2D eigenvalue weighted by Crippen LogP contribution is 2.20. The van der Waals surface area contributed by atoms with Gasteiger partial charge in [-0.2, -0.15) is 11.8 Å². The van der Waals surface area contributed by atoms with Gasteiger partial charge in [-0.05, 0) is 36.8 Å². The number of benzene rings is 1. The predicted molar refractivity (Wildman–Crippen MR) is 76.9 cm³/mol. The molecule has 2 nitrogen and oxygen atoms in total. The molecule has 1 aromatic carbocycles. The molecular weight excluding hydrogens is 273 g/mol. The van der Waals surface area contributed by atoms with Gasteiger partial charge >= 0.3 is 0 Å². The van der Waals surface area contributed by atoms with Gasteiger partial charge in [0.15, 0.2) is 0 Å². The summed E-state index contributed by atoms with van der Waals surface area (Å²) in [6.45, 7) is 3.11. The monoisotopic (exact) mass is 291 g/mol. The maximum Gasteiger partial charge on any atom is 0.142 e. The Kier molecular flexibility index (Phi) is 7.66. The average molecular weight is 292 g/mol. The summed E-state index contributed by atoms with van der Waals surface area (Å²) in [6.07, 6.45) is 0.836. The van der Waals surface area contributed by atoms with Crippen molar-refractivity contribution in [3.05, 3.63) is 34.6 Å². The van der Waals surface area contributed by atoms with E-state index in [0.29, 0.717) is 0 Å². The Balaban J connectivity index is 2.27. The van der Waals surface area contributed by atoms with Crippen LogP contribution in [-0.2, 0) is 0 Å². The normalized spacial score (nSPS) is 12.7. The lowest BCUT2D eigenvalue weighted by Crippen LogP contribution is -2.21. The molecule has 1 rings (SSSR count). The van der Waals surface area contributed by atoms with E-state index in [1.165, 1.54) is 6.07 Å². The molecule has 0 fully saturated rings. The molecule has 0 radical (unpaired) electrons. The molecule has 0 saturated carbocycles. The Labute approximate surface area is 117 Å². The van der Waals surface area contributed by atoms with Crippen LogP contribution in [0.25, 0.3) is 0 Å². The summed E-state index contributed by atoms with van der Waals surface area (Å²) in [5.74, 6) is 1.59. The number of halogens is 2. The zero-order valence-corrected chi connectivity index (χ0v) is 12.0. The summed E-state index contributed by atoms with van der Waals surface area (Å²) in [4.78, 5) is 0. The third-order valence-electron chi connectivity index (χ3n) is 2.59. The zero-order chi connectivity index (χ0) is 13.4. The first-order chi connectivity index (χ1) is 8.65. The highest BCUT2D eigenvalue weighted by Gasteiger charge is 2.07. The van der Waals surface area contributed by atoms with Gasteiger partial charge in [0.25, 0.3) is 0 Å². The van der Waals surface area contributed by atoms with Crippen LogP contribution in [0.1, 0.15) is 24.9 Å². The molecule has 0 saturated heterocycles. The van der Waals surface area contributed by atoms with Crippen LogP contribution in [-0.4, -0.2) is 29.8 Å². The first-order valence-corrected chi connectivity index (χ1v) is 7.55. The van der Waals surface area contributed by atoms with E-state index in [1.807, 2.05) is 13.0 Å². The van der Waals surface area contributed by atoms with Crippen LogP contribution in [0.4, 0.5) is 4.39 Å². The second kappa shape index (κ2) is 8.75. The van der Waals surface area contributed by atoms with Crippen molar-refractivity contribution < 1.29 is 9.50 Å². The molecule has 0 aliphatic carbocycles. The molecule has 2 N–H and O–H groups in total. The van der Waals surface area contributed by atoms with Crippen molar-refractivity contribution in [2.45, 2.75) is 19.4 Å². The van der Waals surface area contributed by atoms with E-state index in [-0.39, 0.29) is 23.5 Å². The molecule has 0 bridgehead atoms. The van der Waals surface area contributed by atoms with Gasteiger partial charge in [0.1, 0.15) is 5.82 Å². The third kappa shape index (κ3) is 5.57. The second-order valence-corrected chi connectivity index (χ2v) is 5.67. The molecule has 0 aliphatic rings. The lowest BCUT2D eigenvalue weighted by molar-refractivity contribution is 0.296. The van der Waals surface area contributed by atoms with E-state index in [1.54, 1.807) is 17.8 Å². The maximum atomic E-state index is 13.3. The zero-order valence-electron chi connectivity index (χ0n) is 10.5. The van der Waals surface area contributed by atoms with Gasteiger partial charge in [-0.1, -0.05) is 17.7 Å². The Hall–Kier alpha value is -0.290.